The third-order valence-electron chi connectivity index (χ3n) is 5.34. The van der Waals surface area contributed by atoms with Crippen molar-refractivity contribution in [2.24, 2.45) is 0 Å². The van der Waals surface area contributed by atoms with E-state index in [1.165, 1.54) is 43.6 Å². The lowest BCUT2D eigenvalue weighted by Crippen LogP contribution is -2.56. The van der Waals surface area contributed by atoms with E-state index < -0.39 is 0 Å². The molecule has 3 heterocycles. The first kappa shape index (κ1) is 15.3. The molecule has 1 aliphatic heterocycles. The first-order chi connectivity index (χ1) is 11.4. The van der Waals surface area contributed by atoms with E-state index in [-0.39, 0.29) is 5.54 Å². The van der Waals surface area contributed by atoms with Crippen LogP contribution >= 0.6 is 11.5 Å². The molecular weight excluding hydrogens is 308 g/mol. The number of ether oxygens (including phenoxy) is 1. The van der Waals surface area contributed by atoms with Gasteiger partial charge < -0.3 is 9.30 Å². The highest BCUT2D eigenvalue weighted by Gasteiger charge is 2.39. The molecule has 0 spiro atoms. The van der Waals surface area contributed by atoms with E-state index in [0.29, 0.717) is 0 Å². The van der Waals surface area contributed by atoms with E-state index in [4.69, 9.17) is 4.74 Å². The molecule has 2 aromatic heterocycles. The predicted octanol–water partition coefficient (Wildman–Crippen LogP) is 3.04. The van der Waals surface area contributed by atoms with Crippen LogP contribution in [0.2, 0.25) is 0 Å². The van der Waals surface area contributed by atoms with Crippen molar-refractivity contribution in [3.63, 3.8) is 0 Å². The van der Waals surface area contributed by atoms with Gasteiger partial charge in [0.1, 0.15) is 5.82 Å². The second-order valence-corrected chi connectivity index (χ2v) is 7.33. The number of morpholine rings is 1. The van der Waals surface area contributed by atoms with Crippen molar-refractivity contribution in [1.29, 1.82) is 0 Å². The Kier molecular flexibility index (Phi) is 4.46. The molecule has 2 aromatic rings. The van der Waals surface area contributed by atoms with Crippen molar-refractivity contribution in [3.8, 4) is 11.4 Å². The number of rotatable bonds is 4. The van der Waals surface area contributed by atoms with Crippen molar-refractivity contribution < 1.29 is 4.74 Å². The molecule has 124 valence electrons. The summed E-state index contributed by atoms with van der Waals surface area (Å²) in [6, 6.07) is 0. The van der Waals surface area contributed by atoms with Gasteiger partial charge in [0, 0.05) is 48.5 Å². The van der Waals surface area contributed by atoms with Crippen molar-refractivity contribution in [1.82, 2.24) is 18.8 Å². The summed E-state index contributed by atoms with van der Waals surface area (Å²) in [4.78, 5) is 7.27. The fraction of sp³-hybridized carbons (Fsp3) is 0.647. The van der Waals surface area contributed by atoms with Crippen LogP contribution in [0.25, 0.3) is 11.4 Å². The lowest BCUT2D eigenvalue weighted by molar-refractivity contribution is -0.0444. The second kappa shape index (κ2) is 6.71. The van der Waals surface area contributed by atoms with E-state index in [9.17, 15) is 0 Å². The molecule has 1 saturated heterocycles. The molecule has 0 radical (unpaired) electrons. The molecule has 0 aromatic carbocycles. The number of aromatic nitrogens is 3. The van der Waals surface area contributed by atoms with Crippen LogP contribution in [0.5, 0.6) is 0 Å². The van der Waals surface area contributed by atoms with Gasteiger partial charge in [0.05, 0.1) is 19.4 Å². The molecule has 0 atom stereocenters. The van der Waals surface area contributed by atoms with Crippen LogP contribution < -0.4 is 0 Å². The third kappa shape index (κ3) is 3.07. The molecule has 1 saturated carbocycles. The monoisotopic (exact) mass is 332 g/mol. The maximum Gasteiger partial charge on any atom is 0.142 e. The van der Waals surface area contributed by atoms with Crippen LogP contribution in [0.15, 0.2) is 24.0 Å². The normalized spacial score (nSPS) is 22.3. The molecular formula is C17H24N4OS. The number of hydrogen-bond donors (Lipinski definition) is 0. The SMILES string of the molecule is c1cn(CC2(N3CCOCC3)CCCCC2)c(-c2cnsc2)n1. The topological polar surface area (TPSA) is 43.2 Å². The Labute approximate surface area is 141 Å². The van der Waals surface area contributed by atoms with Crippen molar-refractivity contribution in [2.75, 3.05) is 26.3 Å². The molecule has 23 heavy (non-hydrogen) atoms. The summed E-state index contributed by atoms with van der Waals surface area (Å²) in [5.74, 6) is 1.05. The van der Waals surface area contributed by atoms with Crippen molar-refractivity contribution in [3.05, 3.63) is 24.0 Å². The number of hydrogen-bond acceptors (Lipinski definition) is 5. The first-order valence-electron chi connectivity index (χ1n) is 8.61. The molecule has 0 bridgehead atoms. The maximum atomic E-state index is 5.59. The van der Waals surface area contributed by atoms with Gasteiger partial charge in [-0.25, -0.2) is 9.36 Å². The highest BCUT2D eigenvalue weighted by molar-refractivity contribution is 7.03. The van der Waals surface area contributed by atoms with E-state index >= 15 is 0 Å². The lowest BCUT2D eigenvalue weighted by Gasteiger charge is -2.48. The zero-order valence-corrected chi connectivity index (χ0v) is 14.3. The van der Waals surface area contributed by atoms with Gasteiger partial charge in [-0.3, -0.25) is 4.90 Å². The molecule has 0 amide bonds. The summed E-state index contributed by atoms with van der Waals surface area (Å²) < 4.78 is 12.2. The quantitative estimate of drug-likeness (QED) is 0.863. The van der Waals surface area contributed by atoms with E-state index in [1.54, 1.807) is 0 Å². The summed E-state index contributed by atoms with van der Waals surface area (Å²) in [6.45, 7) is 4.88. The van der Waals surface area contributed by atoms with Gasteiger partial charge in [0.2, 0.25) is 0 Å². The van der Waals surface area contributed by atoms with Gasteiger partial charge in [-0.15, -0.1) is 0 Å². The molecule has 2 fully saturated rings. The van der Waals surface area contributed by atoms with Gasteiger partial charge in [-0.1, -0.05) is 19.3 Å². The average Bonchev–Trinajstić information content (AvgIpc) is 3.28. The summed E-state index contributed by atoms with van der Waals surface area (Å²) in [6.07, 6.45) is 12.6. The second-order valence-electron chi connectivity index (χ2n) is 6.68. The average molecular weight is 332 g/mol. The highest BCUT2D eigenvalue weighted by Crippen LogP contribution is 2.36. The van der Waals surface area contributed by atoms with Crippen LogP contribution in [0.1, 0.15) is 32.1 Å². The fourth-order valence-corrected chi connectivity index (χ4v) is 4.67. The molecule has 1 aliphatic carbocycles. The first-order valence-corrected chi connectivity index (χ1v) is 9.45. The van der Waals surface area contributed by atoms with Crippen LogP contribution in [-0.4, -0.2) is 50.7 Å². The summed E-state index contributed by atoms with van der Waals surface area (Å²) in [5.41, 5.74) is 1.40. The molecule has 2 aliphatic rings. The standard InChI is InChI=1S/C17H24N4OS/c1-2-4-17(5-3-1,21-8-10-22-11-9-21)14-20-7-6-18-16(20)15-12-19-23-13-15/h6-7,12-13H,1-5,8-11,14H2. The van der Waals surface area contributed by atoms with Crippen LogP contribution in [0, 0.1) is 0 Å². The zero-order chi connectivity index (χ0) is 15.5. The van der Waals surface area contributed by atoms with E-state index in [2.05, 4.69) is 30.4 Å². The fourth-order valence-electron chi connectivity index (χ4n) is 4.15. The Hall–Kier alpha value is -1.24. The van der Waals surface area contributed by atoms with Gasteiger partial charge in [-0.05, 0) is 24.4 Å². The highest BCUT2D eigenvalue weighted by atomic mass is 32.1. The smallest absolute Gasteiger partial charge is 0.142 e. The third-order valence-corrected chi connectivity index (χ3v) is 5.92. The van der Waals surface area contributed by atoms with Gasteiger partial charge in [-0.2, -0.15) is 0 Å². The predicted molar refractivity (Wildman–Crippen MR) is 91.5 cm³/mol. The van der Waals surface area contributed by atoms with Crippen LogP contribution in [0.3, 0.4) is 0 Å². The van der Waals surface area contributed by atoms with Gasteiger partial charge in [0.25, 0.3) is 0 Å². The van der Waals surface area contributed by atoms with Gasteiger partial charge >= 0.3 is 0 Å². The summed E-state index contributed by atoms with van der Waals surface area (Å²) in [5, 5.41) is 2.08. The Balaban J connectivity index is 1.62. The maximum absolute atomic E-state index is 5.59. The van der Waals surface area contributed by atoms with Crippen LogP contribution in [-0.2, 0) is 11.3 Å². The largest absolute Gasteiger partial charge is 0.379 e. The molecule has 4 rings (SSSR count). The van der Waals surface area contributed by atoms with Crippen molar-refractivity contribution >= 4 is 11.5 Å². The summed E-state index contributed by atoms with van der Waals surface area (Å²) in [7, 11) is 0. The number of nitrogens with zero attached hydrogens (tertiary/aromatic N) is 4. The Bertz CT molecular complexity index is 612. The lowest BCUT2D eigenvalue weighted by atomic mass is 9.79. The molecule has 0 N–H and O–H groups in total. The van der Waals surface area contributed by atoms with Crippen molar-refractivity contribution in [2.45, 2.75) is 44.2 Å². The van der Waals surface area contributed by atoms with Crippen LogP contribution in [0.4, 0.5) is 0 Å². The Morgan fingerprint density at radius 1 is 1.17 bits per heavy atom. The van der Waals surface area contributed by atoms with E-state index in [0.717, 1.165) is 44.2 Å². The minimum atomic E-state index is 0.265. The molecule has 5 nitrogen and oxygen atoms in total. The number of imidazole rings is 1. The minimum absolute atomic E-state index is 0.265. The van der Waals surface area contributed by atoms with Gasteiger partial charge in [0.15, 0.2) is 0 Å². The Morgan fingerprint density at radius 3 is 2.74 bits per heavy atom. The molecule has 6 heteroatoms. The minimum Gasteiger partial charge on any atom is -0.379 e. The molecule has 0 unspecified atom stereocenters. The Morgan fingerprint density at radius 2 is 2.00 bits per heavy atom. The zero-order valence-electron chi connectivity index (χ0n) is 13.5. The summed E-state index contributed by atoms with van der Waals surface area (Å²) >= 11 is 1.49. The van der Waals surface area contributed by atoms with E-state index in [1.807, 2.05) is 12.4 Å².